The molecule has 186 valence electrons. The van der Waals surface area contributed by atoms with Crippen molar-refractivity contribution in [2.75, 3.05) is 13.7 Å². The van der Waals surface area contributed by atoms with Crippen LogP contribution in [0.5, 0.6) is 5.75 Å². The first kappa shape index (κ1) is 24.6. The van der Waals surface area contributed by atoms with Crippen LogP contribution < -0.4 is 4.74 Å². The zero-order valence-electron chi connectivity index (χ0n) is 18.3. The molecular weight excluding hydrogens is 480 g/mol. The molecule has 1 aromatic heterocycles. The minimum Gasteiger partial charge on any atom is -0.497 e. The number of aromatic nitrogens is 2. The van der Waals surface area contributed by atoms with Crippen molar-refractivity contribution in [1.82, 2.24) is 15.0 Å². The standard InChI is InChI=1S/C23H19F6N3O3/c1-34-17-6-4-5-13(11-17)19-30-20(35-31-19)18-7-2-3-8-32(18)21(33)14-9-15(22(24,25)26)12-16(10-14)23(27,28)29/h4-6,9-12,18H,2-3,7-8H2,1H3. The number of amides is 1. The number of ether oxygens (including phenoxy) is 1. The van der Waals surface area contributed by atoms with Gasteiger partial charge in [-0.2, -0.15) is 31.3 Å². The second-order valence-corrected chi connectivity index (χ2v) is 7.99. The number of carbonyl (C=O) groups excluding carboxylic acids is 1. The second-order valence-electron chi connectivity index (χ2n) is 7.99. The molecule has 2 heterocycles. The van der Waals surface area contributed by atoms with Gasteiger partial charge in [-0.15, -0.1) is 0 Å². The Hall–Kier alpha value is -3.57. The third-order valence-electron chi connectivity index (χ3n) is 5.65. The van der Waals surface area contributed by atoms with E-state index in [4.69, 9.17) is 9.26 Å². The van der Waals surface area contributed by atoms with E-state index in [1.54, 1.807) is 24.3 Å². The van der Waals surface area contributed by atoms with Crippen LogP contribution >= 0.6 is 0 Å². The molecule has 2 aromatic carbocycles. The van der Waals surface area contributed by atoms with Crippen LogP contribution in [0.4, 0.5) is 26.3 Å². The number of hydrogen-bond acceptors (Lipinski definition) is 5. The van der Waals surface area contributed by atoms with Crippen LogP contribution in [0.2, 0.25) is 0 Å². The molecule has 1 saturated heterocycles. The molecule has 1 aliphatic heterocycles. The number of benzene rings is 2. The predicted molar refractivity (Wildman–Crippen MR) is 110 cm³/mol. The summed E-state index contributed by atoms with van der Waals surface area (Å²) >= 11 is 0. The summed E-state index contributed by atoms with van der Waals surface area (Å²) in [6, 6.07) is 6.86. The second kappa shape index (κ2) is 9.23. The van der Waals surface area contributed by atoms with Crippen molar-refractivity contribution >= 4 is 5.91 Å². The normalized spacial score (nSPS) is 16.9. The predicted octanol–water partition coefficient (Wildman–Crippen LogP) is 6.15. The lowest BCUT2D eigenvalue weighted by molar-refractivity contribution is -0.143. The van der Waals surface area contributed by atoms with E-state index in [-0.39, 0.29) is 24.3 Å². The van der Waals surface area contributed by atoms with Gasteiger partial charge in [0.05, 0.1) is 18.2 Å². The molecule has 0 saturated carbocycles. The van der Waals surface area contributed by atoms with Crippen molar-refractivity contribution in [3.63, 3.8) is 0 Å². The van der Waals surface area contributed by atoms with E-state index in [9.17, 15) is 31.1 Å². The summed E-state index contributed by atoms with van der Waals surface area (Å²) in [6.45, 7) is 0.109. The van der Waals surface area contributed by atoms with E-state index in [2.05, 4.69) is 10.1 Å². The Morgan fingerprint density at radius 2 is 1.71 bits per heavy atom. The molecule has 0 radical (unpaired) electrons. The summed E-state index contributed by atoms with van der Waals surface area (Å²) in [4.78, 5) is 18.7. The fourth-order valence-corrected chi connectivity index (χ4v) is 3.93. The number of likely N-dealkylation sites (tertiary alicyclic amines) is 1. The number of methoxy groups -OCH3 is 1. The molecule has 1 fully saturated rings. The van der Waals surface area contributed by atoms with Crippen molar-refractivity contribution in [2.24, 2.45) is 0 Å². The molecule has 3 aromatic rings. The zero-order valence-corrected chi connectivity index (χ0v) is 18.3. The van der Waals surface area contributed by atoms with Gasteiger partial charge in [0.2, 0.25) is 11.7 Å². The Kier molecular flexibility index (Phi) is 6.48. The van der Waals surface area contributed by atoms with Gasteiger partial charge in [-0.25, -0.2) is 0 Å². The third kappa shape index (κ3) is 5.25. The Morgan fingerprint density at radius 3 is 2.34 bits per heavy atom. The maximum atomic E-state index is 13.3. The molecule has 1 atom stereocenters. The van der Waals surface area contributed by atoms with Gasteiger partial charge in [0.15, 0.2) is 0 Å². The van der Waals surface area contributed by atoms with Gasteiger partial charge in [-0.05, 0) is 49.6 Å². The fraction of sp³-hybridized carbons (Fsp3) is 0.348. The molecular formula is C23H19F6N3O3. The molecule has 0 bridgehead atoms. The number of halogens is 6. The van der Waals surface area contributed by atoms with Gasteiger partial charge in [-0.1, -0.05) is 17.3 Å². The van der Waals surface area contributed by atoms with Crippen molar-refractivity contribution < 1.29 is 40.4 Å². The number of nitrogens with zero attached hydrogens (tertiary/aromatic N) is 3. The summed E-state index contributed by atoms with van der Waals surface area (Å²) in [5.74, 6) is -0.185. The Bertz CT molecular complexity index is 1190. The summed E-state index contributed by atoms with van der Waals surface area (Å²) in [5.41, 5.74) is -3.25. The topological polar surface area (TPSA) is 68.5 Å². The fourth-order valence-electron chi connectivity index (χ4n) is 3.93. The van der Waals surface area contributed by atoms with E-state index in [1.807, 2.05) is 0 Å². The van der Waals surface area contributed by atoms with Crippen LogP contribution in [0.3, 0.4) is 0 Å². The number of piperidine rings is 1. The van der Waals surface area contributed by atoms with Crippen LogP contribution in [-0.2, 0) is 12.4 Å². The maximum Gasteiger partial charge on any atom is 0.416 e. The summed E-state index contributed by atoms with van der Waals surface area (Å²) in [6.07, 6.45) is -8.59. The molecule has 35 heavy (non-hydrogen) atoms. The maximum absolute atomic E-state index is 13.3. The number of alkyl halides is 6. The highest BCUT2D eigenvalue weighted by Gasteiger charge is 2.39. The molecule has 6 nitrogen and oxygen atoms in total. The molecule has 0 spiro atoms. The van der Waals surface area contributed by atoms with Gasteiger partial charge in [0.1, 0.15) is 11.8 Å². The third-order valence-corrected chi connectivity index (χ3v) is 5.65. The summed E-state index contributed by atoms with van der Waals surface area (Å²) < 4.78 is 90.1. The van der Waals surface area contributed by atoms with E-state index < -0.39 is 41.0 Å². The van der Waals surface area contributed by atoms with Gasteiger partial charge in [0, 0.05) is 17.7 Å². The highest BCUT2D eigenvalue weighted by Crippen LogP contribution is 2.38. The molecule has 0 N–H and O–H groups in total. The Morgan fingerprint density at radius 1 is 1.03 bits per heavy atom. The van der Waals surface area contributed by atoms with Crippen molar-refractivity contribution in [3.05, 3.63) is 65.0 Å². The van der Waals surface area contributed by atoms with Crippen LogP contribution in [-0.4, -0.2) is 34.6 Å². The van der Waals surface area contributed by atoms with Gasteiger partial charge in [0.25, 0.3) is 5.91 Å². The average molecular weight is 499 g/mol. The smallest absolute Gasteiger partial charge is 0.416 e. The van der Waals surface area contributed by atoms with Crippen molar-refractivity contribution in [2.45, 2.75) is 37.7 Å². The Balaban J connectivity index is 1.68. The lowest BCUT2D eigenvalue weighted by Gasteiger charge is -2.33. The summed E-state index contributed by atoms with van der Waals surface area (Å²) in [7, 11) is 1.49. The van der Waals surface area contributed by atoms with Gasteiger partial charge >= 0.3 is 12.4 Å². The van der Waals surface area contributed by atoms with Crippen molar-refractivity contribution in [3.8, 4) is 17.1 Å². The van der Waals surface area contributed by atoms with Gasteiger partial charge in [-0.3, -0.25) is 4.79 Å². The average Bonchev–Trinajstić information content (AvgIpc) is 3.32. The summed E-state index contributed by atoms with van der Waals surface area (Å²) in [5, 5.41) is 3.92. The molecule has 12 heteroatoms. The van der Waals surface area contributed by atoms with Crippen LogP contribution in [0.25, 0.3) is 11.4 Å². The minimum absolute atomic E-state index is 0.0110. The first-order valence-corrected chi connectivity index (χ1v) is 10.6. The highest BCUT2D eigenvalue weighted by molar-refractivity contribution is 5.95. The van der Waals surface area contributed by atoms with E-state index in [0.29, 0.717) is 42.7 Å². The first-order valence-electron chi connectivity index (χ1n) is 10.6. The lowest BCUT2D eigenvalue weighted by Crippen LogP contribution is -2.39. The Labute approximate surface area is 195 Å². The molecule has 4 rings (SSSR count). The van der Waals surface area contributed by atoms with E-state index in [0.717, 1.165) is 0 Å². The molecule has 1 unspecified atom stereocenters. The number of hydrogen-bond donors (Lipinski definition) is 0. The van der Waals surface area contributed by atoms with Crippen LogP contribution in [0.15, 0.2) is 47.0 Å². The van der Waals surface area contributed by atoms with Gasteiger partial charge < -0.3 is 14.2 Å². The monoisotopic (exact) mass is 499 g/mol. The minimum atomic E-state index is -5.06. The van der Waals surface area contributed by atoms with E-state index in [1.165, 1.54) is 12.0 Å². The highest BCUT2D eigenvalue weighted by atomic mass is 19.4. The molecule has 1 aliphatic rings. The zero-order chi connectivity index (χ0) is 25.4. The SMILES string of the molecule is COc1cccc(-c2noc(C3CCCCN3C(=O)c3cc(C(F)(F)F)cc(C(F)(F)F)c3)n2)c1. The lowest BCUT2D eigenvalue weighted by atomic mass is 9.98. The first-order chi connectivity index (χ1) is 16.5. The van der Waals surface area contributed by atoms with E-state index >= 15 is 0 Å². The number of rotatable bonds is 4. The quantitative estimate of drug-likeness (QED) is 0.403. The molecule has 1 amide bonds. The number of carbonyl (C=O) groups is 1. The van der Waals surface area contributed by atoms with Crippen molar-refractivity contribution in [1.29, 1.82) is 0 Å². The van der Waals surface area contributed by atoms with Crippen LogP contribution in [0, 0.1) is 0 Å². The van der Waals surface area contributed by atoms with Crippen LogP contribution in [0.1, 0.15) is 52.7 Å². The molecule has 0 aliphatic carbocycles. The largest absolute Gasteiger partial charge is 0.497 e.